The molecule has 0 bridgehead atoms. The number of carbonyl (C=O) groups excluding carboxylic acids is 1. The van der Waals surface area contributed by atoms with E-state index in [1.807, 2.05) is 41.8 Å². The molecule has 0 aliphatic carbocycles. The Labute approximate surface area is 186 Å². The summed E-state index contributed by atoms with van der Waals surface area (Å²) in [6.07, 6.45) is 1.47. The lowest BCUT2D eigenvalue weighted by Gasteiger charge is -2.04. The van der Waals surface area contributed by atoms with Gasteiger partial charge in [0.2, 0.25) is 0 Å². The van der Waals surface area contributed by atoms with Crippen molar-refractivity contribution in [3.05, 3.63) is 82.0 Å². The van der Waals surface area contributed by atoms with Gasteiger partial charge in [0, 0.05) is 10.4 Å². The van der Waals surface area contributed by atoms with Gasteiger partial charge in [-0.15, -0.1) is 11.3 Å². The van der Waals surface area contributed by atoms with Gasteiger partial charge in [0.15, 0.2) is 5.65 Å². The first kappa shape index (κ1) is 19.7. The quantitative estimate of drug-likeness (QED) is 0.358. The number of benzene rings is 2. The molecule has 3 heterocycles. The van der Waals surface area contributed by atoms with E-state index in [0.717, 1.165) is 4.88 Å². The fourth-order valence-electron chi connectivity index (χ4n) is 3.37. The second-order valence-electron chi connectivity index (χ2n) is 7.02. The van der Waals surface area contributed by atoms with Crippen LogP contribution >= 0.6 is 11.3 Å². The van der Waals surface area contributed by atoms with Crippen LogP contribution in [0.4, 0.5) is 5.82 Å². The first-order valence-electron chi connectivity index (χ1n) is 9.81. The molecule has 0 unspecified atom stereocenters. The highest BCUT2D eigenvalue weighted by molar-refractivity contribution is 7.09. The van der Waals surface area contributed by atoms with E-state index in [1.54, 1.807) is 35.6 Å². The molecule has 0 radical (unpaired) electrons. The summed E-state index contributed by atoms with van der Waals surface area (Å²) in [5.74, 6) is -0.163. The lowest BCUT2D eigenvalue weighted by atomic mass is 10.2. The number of phenols is 1. The monoisotopic (exact) mass is 442 g/mol. The number of carbonyl (C=O) groups is 1. The Balaban J connectivity index is 1.64. The number of para-hydroxylation sites is 3. The van der Waals surface area contributed by atoms with Crippen LogP contribution in [0.3, 0.4) is 0 Å². The molecule has 0 spiro atoms. The van der Waals surface area contributed by atoms with Crippen molar-refractivity contribution in [2.45, 2.75) is 6.54 Å². The molecule has 3 aromatic heterocycles. The average molecular weight is 443 g/mol. The summed E-state index contributed by atoms with van der Waals surface area (Å²) in [6, 6.07) is 18.0. The SMILES string of the molecule is Nc1c(C(=O)NCc2cccs2)c2nc3ccccc3nc2n1/N=C\c1ccccc1O. The van der Waals surface area contributed by atoms with E-state index in [0.29, 0.717) is 34.3 Å². The molecule has 0 saturated heterocycles. The van der Waals surface area contributed by atoms with Gasteiger partial charge in [-0.1, -0.05) is 30.3 Å². The highest BCUT2D eigenvalue weighted by atomic mass is 32.1. The van der Waals surface area contributed by atoms with Crippen molar-refractivity contribution >= 4 is 51.5 Å². The van der Waals surface area contributed by atoms with Gasteiger partial charge < -0.3 is 16.2 Å². The first-order chi connectivity index (χ1) is 15.6. The molecule has 1 amide bonds. The number of aromatic nitrogens is 3. The van der Waals surface area contributed by atoms with Crippen LogP contribution < -0.4 is 11.1 Å². The summed E-state index contributed by atoms with van der Waals surface area (Å²) in [6.45, 7) is 0.380. The maximum atomic E-state index is 13.1. The Morgan fingerprint density at radius 1 is 1.09 bits per heavy atom. The van der Waals surface area contributed by atoms with E-state index in [9.17, 15) is 9.90 Å². The average Bonchev–Trinajstić information content (AvgIpc) is 3.41. The summed E-state index contributed by atoms with van der Waals surface area (Å²) in [5.41, 5.74) is 9.12. The zero-order valence-electron chi connectivity index (χ0n) is 16.8. The van der Waals surface area contributed by atoms with Crippen molar-refractivity contribution in [3.8, 4) is 5.75 Å². The molecule has 0 aliphatic heterocycles. The summed E-state index contributed by atoms with van der Waals surface area (Å²) in [5, 5.41) is 19.3. The predicted octanol–water partition coefficient (Wildman–Crippen LogP) is 3.75. The van der Waals surface area contributed by atoms with Crippen molar-refractivity contribution in [2.24, 2.45) is 5.10 Å². The summed E-state index contributed by atoms with van der Waals surface area (Å²) in [7, 11) is 0. The third-order valence-electron chi connectivity index (χ3n) is 4.95. The zero-order valence-corrected chi connectivity index (χ0v) is 17.6. The number of nitrogen functional groups attached to an aromatic ring is 1. The lowest BCUT2D eigenvalue weighted by molar-refractivity contribution is 0.0953. The molecule has 8 nitrogen and oxygen atoms in total. The van der Waals surface area contributed by atoms with Gasteiger partial charge in [0.25, 0.3) is 5.91 Å². The number of thiophene rings is 1. The smallest absolute Gasteiger partial charge is 0.257 e. The summed E-state index contributed by atoms with van der Waals surface area (Å²) < 4.78 is 1.38. The first-order valence-corrected chi connectivity index (χ1v) is 10.7. The molecule has 5 rings (SSSR count). The second-order valence-corrected chi connectivity index (χ2v) is 8.05. The number of nitrogens with one attached hydrogen (secondary N) is 1. The number of amides is 1. The molecule has 4 N–H and O–H groups in total. The fraction of sp³-hybridized carbons (Fsp3) is 0.0435. The minimum Gasteiger partial charge on any atom is -0.507 e. The van der Waals surface area contributed by atoms with E-state index >= 15 is 0 Å². The number of anilines is 1. The Morgan fingerprint density at radius 2 is 1.84 bits per heavy atom. The van der Waals surface area contributed by atoms with Gasteiger partial charge in [0.1, 0.15) is 22.6 Å². The lowest BCUT2D eigenvalue weighted by Crippen LogP contribution is -2.23. The van der Waals surface area contributed by atoms with E-state index in [2.05, 4.69) is 20.4 Å². The Kier molecular flexibility index (Phi) is 5.00. The number of phenolic OH excluding ortho intramolecular Hbond substituents is 1. The van der Waals surface area contributed by atoms with Crippen LogP contribution in [0.2, 0.25) is 0 Å². The van der Waals surface area contributed by atoms with E-state index < -0.39 is 0 Å². The van der Waals surface area contributed by atoms with E-state index in [-0.39, 0.29) is 23.0 Å². The number of rotatable bonds is 5. The van der Waals surface area contributed by atoms with Crippen LogP contribution in [0.15, 0.2) is 71.1 Å². The Bertz CT molecular complexity index is 1470. The minimum absolute atomic E-state index is 0.0803. The Hall–Kier alpha value is -4.24. The minimum atomic E-state index is -0.359. The maximum Gasteiger partial charge on any atom is 0.257 e. The summed E-state index contributed by atoms with van der Waals surface area (Å²) in [4.78, 5) is 23.4. The van der Waals surface area contributed by atoms with Gasteiger partial charge >= 0.3 is 0 Å². The normalized spacial score (nSPS) is 11.5. The standard InChI is InChI=1S/C23H18N6O2S/c24-21-19(23(31)25-13-15-7-5-11-32-15)20-22(28-17-9-3-2-8-16(17)27-20)29(21)26-12-14-6-1-4-10-18(14)30/h1-12,30H,13,24H2,(H,25,31)/b26-12-. The van der Waals surface area contributed by atoms with Crippen molar-refractivity contribution in [1.82, 2.24) is 20.0 Å². The van der Waals surface area contributed by atoms with E-state index in [4.69, 9.17) is 5.73 Å². The zero-order chi connectivity index (χ0) is 22.1. The molecular weight excluding hydrogens is 424 g/mol. The van der Waals surface area contributed by atoms with Crippen LogP contribution in [0.1, 0.15) is 20.8 Å². The van der Waals surface area contributed by atoms with Crippen molar-refractivity contribution in [1.29, 1.82) is 0 Å². The van der Waals surface area contributed by atoms with Crippen LogP contribution in [0.5, 0.6) is 5.75 Å². The maximum absolute atomic E-state index is 13.1. The van der Waals surface area contributed by atoms with Crippen LogP contribution in [-0.2, 0) is 6.54 Å². The largest absolute Gasteiger partial charge is 0.507 e. The Morgan fingerprint density at radius 3 is 2.59 bits per heavy atom. The molecular formula is C23H18N6O2S. The number of fused-ring (bicyclic) bond motifs is 2. The third-order valence-corrected chi connectivity index (χ3v) is 5.83. The number of hydrogen-bond donors (Lipinski definition) is 3. The van der Waals surface area contributed by atoms with Crippen molar-refractivity contribution < 1.29 is 9.90 Å². The predicted molar refractivity (Wildman–Crippen MR) is 126 cm³/mol. The van der Waals surface area contributed by atoms with Crippen molar-refractivity contribution in [3.63, 3.8) is 0 Å². The van der Waals surface area contributed by atoms with Gasteiger partial charge in [-0.3, -0.25) is 4.79 Å². The third kappa shape index (κ3) is 3.54. The highest BCUT2D eigenvalue weighted by Crippen LogP contribution is 2.28. The van der Waals surface area contributed by atoms with Crippen LogP contribution in [-0.4, -0.2) is 31.9 Å². The van der Waals surface area contributed by atoms with Gasteiger partial charge in [-0.2, -0.15) is 9.78 Å². The molecule has 5 aromatic rings. The number of nitrogens with two attached hydrogens (primary N) is 1. The van der Waals surface area contributed by atoms with Crippen LogP contribution in [0, 0.1) is 0 Å². The molecule has 158 valence electrons. The number of hydrogen-bond acceptors (Lipinski definition) is 7. The van der Waals surface area contributed by atoms with Gasteiger partial charge in [0.05, 0.1) is 23.8 Å². The number of aromatic hydroxyl groups is 1. The second kappa shape index (κ2) is 8.12. The molecule has 2 aromatic carbocycles. The molecule has 0 atom stereocenters. The van der Waals surface area contributed by atoms with Crippen LogP contribution in [0.25, 0.3) is 22.2 Å². The van der Waals surface area contributed by atoms with Gasteiger partial charge in [-0.05, 0) is 35.7 Å². The highest BCUT2D eigenvalue weighted by Gasteiger charge is 2.24. The van der Waals surface area contributed by atoms with Crippen molar-refractivity contribution in [2.75, 3.05) is 5.73 Å². The van der Waals surface area contributed by atoms with E-state index in [1.165, 1.54) is 10.9 Å². The fourth-order valence-corrected chi connectivity index (χ4v) is 4.02. The topological polar surface area (TPSA) is 118 Å². The molecule has 32 heavy (non-hydrogen) atoms. The molecule has 9 heteroatoms. The summed E-state index contributed by atoms with van der Waals surface area (Å²) >= 11 is 1.56. The number of nitrogens with zero attached hydrogens (tertiary/aromatic N) is 4. The molecule has 0 aliphatic rings. The molecule has 0 fully saturated rings. The van der Waals surface area contributed by atoms with Gasteiger partial charge in [-0.25, -0.2) is 9.97 Å². The molecule has 0 saturated carbocycles.